The van der Waals surface area contributed by atoms with Gasteiger partial charge in [-0.05, 0) is 50.3 Å². The van der Waals surface area contributed by atoms with Crippen molar-refractivity contribution in [2.75, 3.05) is 24.6 Å². The molecule has 1 amide bonds. The number of carbonyl (C=O) groups is 1. The van der Waals surface area contributed by atoms with Crippen molar-refractivity contribution in [2.45, 2.75) is 63.0 Å². The van der Waals surface area contributed by atoms with E-state index in [0.29, 0.717) is 17.2 Å². The number of amides is 1. The lowest BCUT2D eigenvalue weighted by molar-refractivity contribution is -0.0246. The van der Waals surface area contributed by atoms with Crippen LogP contribution in [0, 0.1) is 0 Å². The van der Waals surface area contributed by atoms with E-state index in [1.807, 2.05) is 12.1 Å². The van der Waals surface area contributed by atoms with Gasteiger partial charge in [0.1, 0.15) is 0 Å². The Morgan fingerprint density at radius 2 is 1.92 bits per heavy atom. The van der Waals surface area contributed by atoms with Crippen LogP contribution in [0.2, 0.25) is 5.02 Å². The molecule has 0 radical (unpaired) electrons. The minimum atomic E-state index is -0.0451. The molecular formula is C20H27ClN2O2. The summed E-state index contributed by atoms with van der Waals surface area (Å²) in [5.41, 5.74) is 1.70. The third-order valence-corrected chi connectivity index (χ3v) is 6.27. The Bertz CT molecular complexity index is 637. The average Bonchev–Trinajstić information content (AvgIpc) is 3.26. The van der Waals surface area contributed by atoms with E-state index >= 15 is 0 Å². The number of benzene rings is 1. The molecule has 1 atom stereocenters. The highest BCUT2D eigenvalue weighted by Gasteiger charge is 2.41. The first-order valence-corrected chi connectivity index (χ1v) is 10.0. The van der Waals surface area contributed by atoms with Gasteiger partial charge in [-0.25, -0.2) is 0 Å². The maximum atomic E-state index is 12.6. The van der Waals surface area contributed by atoms with Crippen molar-refractivity contribution >= 4 is 23.2 Å². The molecule has 2 aliphatic heterocycles. The van der Waals surface area contributed by atoms with Gasteiger partial charge in [0, 0.05) is 18.7 Å². The molecule has 1 aliphatic carbocycles. The van der Waals surface area contributed by atoms with E-state index in [9.17, 15) is 4.79 Å². The van der Waals surface area contributed by atoms with Crippen LogP contribution in [0.1, 0.15) is 61.7 Å². The van der Waals surface area contributed by atoms with Crippen LogP contribution in [0.3, 0.4) is 0 Å². The number of nitrogens with one attached hydrogen (secondary N) is 1. The maximum Gasteiger partial charge on any atom is 0.251 e. The van der Waals surface area contributed by atoms with Crippen molar-refractivity contribution in [1.82, 2.24) is 5.32 Å². The van der Waals surface area contributed by atoms with Gasteiger partial charge in [-0.3, -0.25) is 4.79 Å². The van der Waals surface area contributed by atoms with Gasteiger partial charge >= 0.3 is 0 Å². The molecule has 2 saturated heterocycles. The van der Waals surface area contributed by atoms with E-state index in [1.54, 1.807) is 6.07 Å². The Labute approximate surface area is 154 Å². The Morgan fingerprint density at radius 3 is 2.64 bits per heavy atom. The molecule has 1 N–H and O–H groups in total. The highest BCUT2D eigenvalue weighted by molar-refractivity contribution is 6.33. The first-order chi connectivity index (χ1) is 12.2. The van der Waals surface area contributed by atoms with Gasteiger partial charge in [-0.2, -0.15) is 0 Å². The van der Waals surface area contributed by atoms with Gasteiger partial charge < -0.3 is 15.0 Å². The number of ether oxygens (including phenoxy) is 1. The van der Waals surface area contributed by atoms with Crippen LogP contribution in [0.15, 0.2) is 18.2 Å². The first-order valence-electron chi connectivity index (χ1n) is 9.65. The molecule has 136 valence electrons. The van der Waals surface area contributed by atoms with Gasteiger partial charge in [-0.15, -0.1) is 0 Å². The van der Waals surface area contributed by atoms with E-state index in [4.69, 9.17) is 16.3 Å². The maximum absolute atomic E-state index is 12.6. The molecule has 3 aliphatic rings. The second-order valence-electron chi connectivity index (χ2n) is 7.79. The molecule has 4 nitrogen and oxygen atoms in total. The van der Waals surface area contributed by atoms with Crippen molar-refractivity contribution in [1.29, 1.82) is 0 Å². The average molecular weight is 363 g/mol. The zero-order chi connectivity index (χ0) is 17.3. The van der Waals surface area contributed by atoms with Crippen LogP contribution >= 0.6 is 11.6 Å². The summed E-state index contributed by atoms with van der Waals surface area (Å²) < 4.78 is 6.09. The normalized spacial score (nSPS) is 25.5. The SMILES string of the molecule is O=C(N[C@@H]1COC2(CCCCC2)C1)c1ccc(N2CCCC2)c(Cl)c1. The largest absolute Gasteiger partial charge is 0.373 e. The monoisotopic (exact) mass is 362 g/mol. The quantitative estimate of drug-likeness (QED) is 0.877. The summed E-state index contributed by atoms with van der Waals surface area (Å²) >= 11 is 6.44. The Hall–Kier alpha value is -1.26. The molecule has 0 aromatic heterocycles. The summed E-state index contributed by atoms with van der Waals surface area (Å²) in [6.45, 7) is 2.73. The summed E-state index contributed by atoms with van der Waals surface area (Å²) in [5, 5.41) is 3.81. The fourth-order valence-corrected chi connectivity index (χ4v) is 4.91. The predicted octanol–water partition coefficient (Wildman–Crippen LogP) is 4.16. The predicted molar refractivity (Wildman–Crippen MR) is 101 cm³/mol. The summed E-state index contributed by atoms with van der Waals surface area (Å²) in [7, 11) is 0. The van der Waals surface area contributed by atoms with E-state index in [-0.39, 0.29) is 17.6 Å². The third kappa shape index (κ3) is 3.65. The minimum Gasteiger partial charge on any atom is -0.373 e. The van der Waals surface area contributed by atoms with E-state index in [1.165, 1.54) is 32.1 Å². The zero-order valence-electron chi connectivity index (χ0n) is 14.7. The molecule has 0 unspecified atom stereocenters. The Kier molecular flexibility index (Phi) is 4.92. The Balaban J connectivity index is 1.39. The highest BCUT2D eigenvalue weighted by atomic mass is 35.5. The van der Waals surface area contributed by atoms with Gasteiger partial charge in [0.25, 0.3) is 5.91 Å². The summed E-state index contributed by atoms with van der Waals surface area (Å²) in [6, 6.07) is 5.79. The van der Waals surface area contributed by atoms with Crippen LogP contribution < -0.4 is 10.2 Å². The number of halogens is 1. The standard InChI is InChI=1S/C20H27ClN2O2/c21-17-12-15(6-7-18(17)23-10-4-5-11-23)19(24)22-16-13-20(25-14-16)8-2-1-3-9-20/h6-7,12,16H,1-5,8-11,13-14H2,(H,22,24)/t16-/m0/s1. The van der Waals surface area contributed by atoms with E-state index in [2.05, 4.69) is 10.2 Å². The van der Waals surface area contributed by atoms with Crippen molar-refractivity contribution < 1.29 is 9.53 Å². The number of nitrogens with zero attached hydrogens (tertiary/aromatic N) is 1. The summed E-state index contributed by atoms with van der Waals surface area (Å²) in [4.78, 5) is 14.9. The Morgan fingerprint density at radius 1 is 1.16 bits per heavy atom. The van der Waals surface area contributed by atoms with Crippen molar-refractivity contribution in [2.24, 2.45) is 0 Å². The highest BCUT2D eigenvalue weighted by Crippen LogP contribution is 2.39. The molecule has 3 fully saturated rings. The van der Waals surface area contributed by atoms with Crippen LogP contribution in [-0.4, -0.2) is 37.2 Å². The molecule has 0 bridgehead atoms. The zero-order valence-corrected chi connectivity index (χ0v) is 15.5. The fraction of sp³-hybridized carbons (Fsp3) is 0.650. The number of carbonyl (C=O) groups excluding carboxylic acids is 1. The second-order valence-corrected chi connectivity index (χ2v) is 8.20. The fourth-order valence-electron chi connectivity index (χ4n) is 4.61. The third-order valence-electron chi connectivity index (χ3n) is 5.97. The summed E-state index contributed by atoms with van der Waals surface area (Å²) in [6.07, 6.45) is 9.43. The molecule has 1 aromatic rings. The smallest absolute Gasteiger partial charge is 0.251 e. The molecular weight excluding hydrogens is 336 g/mol. The van der Waals surface area contributed by atoms with Crippen LogP contribution in [0.5, 0.6) is 0 Å². The molecule has 1 saturated carbocycles. The van der Waals surface area contributed by atoms with E-state index < -0.39 is 0 Å². The number of hydrogen-bond acceptors (Lipinski definition) is 3. The van der Waals surface area contributed by atoms with Crippen LogP contribution in [0.4, 0.5) is 5.69 Å². The molecule has 1 aromatic carbocycles. The van der Waals surface area contributed by atoms with Crippen molar-refractivity contribution in [3.05, 3.63) is 28.8 Å². The number of anilines is 1. The molecule has 1 spiro atoms. The molecule has 4 rings (SSSR count). The van der Waals surface area contributed by atoms with Crippen molar-refractivity contribution in [3.8, 4) is 0 Å². The molecule has 5 heteroatoms. The molecule has 25 heavy (non-hydrogen) atoms. The summed E-state index contributed by atoms with van der Waals surface area (Å²) in [5.74, 6) is -0.0451. The van der Waals surface area contributed by atoms with Gasteiger partial charge in [-0.1, -0.05) is 30.9 Å². The lowest BCUT2D eigenvalue weighted by Crippen LogP contribution is -2.37. The second kappa shape index (κ2) is 7.16. The van der Waals surface area contributed by atoms with E-state index in [0.717, 1.165) is 38.0 Å². The number of rotatable bonds is 3. The van der Waals surface area contributed by atoms with Crippen molar-refractivity contribution in [3.63, 3.8) is 0 Å². The molecule has 2 heterocycles. The van der Waals surface area contributed by atoms with Gasteiger partial charge in [0.05, 0.1) is 29.0 Å². The lowest BCUT2D eigenvalue weighted by Gasteiger charge is -2.32. The van der Waals surface area contributed by atoms with Gasteiger partial charge in [0.2, 0.25) is 0 Å². The van der Waals surface area contributed by atoms with Crippen LogP contribution in [0.25, 0.3) is 0 Å². The first kappa shape index (κ1) is 17.2. The minimum absolute atomic E-state index is 0.0213. The number of hydrogen-bond donors (Lipinski definition) is 1. The topological polar surface area (TPSA) is 41.6 Å². The lowest BCUT2D eigenvalue weighted by atomic mass is 9.82. The van der Waals surface area contributed by atoms with Gasteiger partial charge in [0.15, 0.2) is 0 Å². The van der Waals surface area contributed by atoms with Crippen LogP contribution in [-0.2, 0) is 4.74 Å².